The maximum atomic E-state index is 13.2. The molecule has 5 nitrogen and oxygen atoms in total. The number of fused-ring (bicyclic) bond motifs is 1. The van der Waals surface area contributed by atoms with Crippen LogP contribution < -0.4 is 5.69 Å². The maximum Gasteiger partial charge on any atom is 0.416 e. The number of hydrogen-bond donors (Lipinski definition) is 1. The van der Waals surface area contributed by atoms with Crippen molar-refractivity contribution in [3.05, 3.63) is 33.7 Å². The Labute approximate surface area is 167 Å². The number of aryl methyl sites for hydroxylation is 1. The number of alkyl halides is 3. The van der Waals surface area contributed by atoms with E-state index in [0.29, 0.717) is 17.7 Å². The standard InChI is InChI=1S/C21H28F3N3O2/c1-13-11-19-18(12-17(13)21(22,23)24)25-20(28)27(19)15-7-9-26(10-8-15)14-3-5-16(29-2)6-4-14/h11-12,14-16H,3-10H2,1-2H3,(H,25,28)/t14-,16-. The Bertz CT molecular complexity index is 918. The van der Waals surface area contributed by atoms with E-state index in [0.717, 1.165) is 57.7 Å². The van der Waals surface area contributed by atoms with Crippen LogP contribution in [0.1, 0.15) is 55.7 Å². The van der Waals surface area contributed by atoms with Crippen LogP contribution in [0.3, 0.4) is 0 Å². The Morgan fingerprint density at radius 1 is 1.03 bits per heavy atom. The van der Waals surface area contributed by atoms with Crippen LogP contribution in [0, 0.1) is 6.92 Å². The molecular formula is C21H28F3N3O2. The van der Waals surface area contributed by atoms with Gasteiger partial charge >= 0.3 is 11.9 Å². The summed E-state index contributed by atoms with van der Waals surface area (Å²) < 4.78 is 46.7. The predicted octanol–water partition coefficient (Wildman–Crippen LogP) is 4.25. The van der Waals surface area contributed by atoms with Crippen molar-refractivity contribution in [2.45, 2.75) is 69.8 Å². The van der Waals surface area contributed by atoms with Crippen molar-refractivity contribution in [1.82, 2.24) is 14.5 Å². The zero-order valence-corrected chi connectivity index (χ0v) is 16.9. The van der Waals surface area contributed by atoms with E-state index in [4.69, 9.17) is 4.74 Å². The summed E-state index contributed by atoms with van der Waals surface area (Å²) >= 11 is 0. The fraction of sp³-hybridized carbons (Fsp3) is 0.667. The van der Waals surface area contributed by atoms with E-state index < -0.39 is 11.7 Å². The summed E-state index contributed by atoms with van der Waals surface area (Å²) in [6.45, 7) is 3.26. The molecule has 1 aliphatic heterocycles. The van der Waals surface area contributed by atoms with Gasteiger partial charge in [0.25, 0.3) is 0 Å². The molecule has 29 heavy (non-hydrogen) atoms. The molecule has 0 amide bonds. The van der Waals surface area contributed by atoms with Gasteiger partial charge in [0.05, 0.1) is 22.7 Å². The van der Waals surface area contributed by atoms with Crippen molar-refractivity contribution in [3.8, 4) is 0 Å². The van der Waals surface area contributed by atoms with Gasteiger partial charge in [-0.05, 0) is 63.1 Å². The van der Waals surface area contributed by atoms with Crippen LogP contribution in [-0.2, 0) is 10.9 Å². The highest BCUT2D eigenvalue weighted by Crippen LogP contribution is 2.35. The zero-order valence-electron chi connectivity index (χ0n) is 16.9. The number of nitrogens with one attached hydrogen (secondary N) is 1. The molecule has 1 saturated heterocycles. The van der Waals surface area contributed by atoms with Gasteiger partial charge in [-0.3, -0.25) is 4.57 Å². The molecule has 0 unspecified atom stereocenters. The smallest absolute Gasteiger partial charge is 0.381 e. The highest BCUT2D eigenvalue weighted by Gasteiger charge is 2.34. The van der Waals surface area contributed by atoms with Gasteiger partial charge < -0.3 is 14.6 Å². The number of imidazole rings is 1. The molecule has 2 aliphatic rings. The highest BCUT2D eigenvalue weighted by atomic mass is 19.4. The molecular weight excluding hydrogens is 383 g/mol. The fourth-order valence-electron chi connectivity index (χ4n) is 5.10. The van der Waals surface area contributed by atoms with Gasteiger partial charge in [-0.15, -0.1) is 0 Å². The second-order valence-corrected chi connectivity index (χ2v) is 8.42. The van der Waals surface area contributed by atoms with Gasteiger partial charge in [-0.1, -0.05) is 0 Å². The third kappa shape index (κ3) is 3.97. The molecule has 0 atom stereocenters. The summed E-state index contributed by atoms with van der Waals surface area (Å²) in [4.78, 5) is 17.7. The average Bonchev–Trinajstić information content (AvgIpc) is 3.01. The number of piperidine rings is 1. The van der Waals surface area contributed by atoms with Gasteiger partial charge in [-0.25, -0.2) is 4.79 Å². The molecule has 1 aromatic heterocycles. The van der Waals surface area contributed by atoms with Crippen LogP contribution >= 0.6 is 0 Å². The summed E-state index contributed by atoms with van der Waals surface area (Å²) in [6.07, 6.45) is 2.05. The van der Waals surface area contributed by atoms with Gasteiger partial charge in [0.1, 0.15) is 0 Å². The fourth-order valence-corrected chi connectivity index (χ4v) is 5.10. The Kier molecular flexibility index (Phi) is 5.50. The lowest BCUT2D eigenvalue weighted by Crippen LogP contribution is -2.45. The lowest BCUT2D eigenvalue weighted by atomic mass is 9.90. The second kappa shape index (κ2) is 7.80. The zero-order chi connectivity index (χ0) is 20.8. The summed E-state index contributed by atoms with van der Waals surface area (Å²) in [5.41, 5.74) is -0.0458. The molecule has 2 fully saturated rings. The summed E-state index contributed by atoms with van der Waals surface area (Å²) in [6, 6.07) is 3.14. The SMILES string of the molecule is CO[C@H]1CC[C@H](N2CCC(n3c(=O)[nH]c4cc(C(F)(F)F)c(C)cc43)CC2)CC1. The summed E-state index contributed by atoms with van der Waals surface area (Å²) in [7, 11) is 1.77. The first-order valence-corrected chi connectivity index (χ1v) is 10.4. The molecule has 8 heteroatoms. The number of aromatic amines is 1. The van der Waals surface area contributed by atoms with E-state index in [1.54, 1.807) is 11.7 Å². The first-order chi connectivity index (χ1) is 13.8. The molecule has 0 spiro atoms. The molecule has 0 radical (unpaired) electrons. The van der Waals surface area contributed by atoms with Crippen LogP contribution in [0.2, 0.25) is 0 Å². The average molecular weight is 411 g/mol. The Morgan fingerprint density at radius 2 is 1.69 bits per heavy atom. The Morgan fingerprint density at radius 3 is 2.28 bits per heavy atom. The van der Waals surface area contributed by atoms with Crippen molar-refractivity contribution in [3.63, 3.8) is 0 Å². The van der Waals surface area contributed by atoms with Crippen LogP contribution in [0.15, 0.2) is 16.9 Å². The van der Waals surface area contributed by atoms with Crippen LogP contribution in [-0.4, -0.2) is 46.8 Å². The number of likely N-dealkylation sites (tertiary alicyclic amines) is 1. The lowest BCUT2D eigenvalue weighted by molar-refractivity contribution is -0.137. The van der Waals surface area contributed by atoms with Gasteiger partial charge in [-0.2, -0.15) is 13.2 Å². The monoisotopic (exact) mass is 411 g/mol. The minimum Gasteiger partial charge on any atom is -0.381 e. The second-order valence-electron chi connectivity index (χ2n) is 8.42. The minimum atomic E-state index is -4.43. The number of methoxy groups -OCH3 is 1. The predicted molar refractivity (Wildman–Crippen MR) is 105 cm³/mol. The molecule has 4 rings (SSSR count). The van der Waals surface area contributed by atoms with Crippen LogP contribution in [0.4, 0.5) is 13.2 Å². The van der Waals surface area contributed by atoms with E-state index >= 15 is 0 Å². The first-order valence-electron chi connectivity index (χ1n) is 10.4. The quantitative estimate of drug-likeness (QED) is 0.822. The lowest BCUT2D eigenvalue weighted by Gasteiger charge is -2.40. The van der Waals surface area contributed by atoms with Crippen molar-refractivity contribution >= 4 is 11.0 Å². The van der Waals surface area contributed by atoms with Crippen LogP contribution in [0.25, 0.3) is 11.0 Å². The van der Waals surface area contributed by atoms with Gasteiger partial charge in [0.15, 0.2) is 0 Å². The molecule has 160 valence electrons. The van der Waals surface area contributed by atoms with Gasteiger partial charge in [0.2, 0.25) is 0 Å². The molecule has 2 aromatic rings. The third-order valence-electron chi connectivity index (χ3n) is 6.73. The molecule has 1 aliphatic carbocycles. The maximum absolute atomic E-state index is 13.2. The molecule has 1 N–H and O–H groups in total. The van der Waals surface area contributed by atoms with Gasteiger partial charge in [0, 0.05) is 32.3 Å². The largest absolute Gasteiger partial charge is 0.416 e. The number of ether oxygens (including phenoxy) is 1. The number of rotatable bonds is 3. The number of aromatic nitrogens is 2. The van der Waals surface area contributed by atoms with Crippen molar-refractivity contribution < 1.29 is 17.9 Å². The minimum absolute atomic E-state index is 0.0129. The Balaban J connectivity index is 1.51. The molecule has 1 saturated carbocycles. The van der Waals surface area contributed by atoms with E-state index in [1.165, 1.54) is 13.0 Å². The van der Waals surface area contributed by atoms with Crippen LogP contribution in [0.5, 0.6) is 0 Å². The number of benzene rings is 1. The molecule has 1 aromatic carbocycles. The number of H-pyrrole nitrogens is 1. The number of halogens is 3. The van der Waals surface area contributed by atoms with E-state index in [-0.39, 0.29) is 22.8 Å². The normalized spacial score (nSPS) is 25.0. The van der Waals surface area contributed by atoms with Crippen molar-refractivity contribution in [1.29, 1.82) is 0 Å². The molecule has 0 bridgehead atoms. The van der Waals surface area contributed by atoms with E-state index in [9.17, 15) is 18.0 Å². The summed E-state index contributed by atoms with van der Waals surface area (Å²) in [5, 5.41) is 0. The summed E-state index contributed by atoms with van der Waals surface area (Å²) in [5.74, 6) is 0. The molecule has 2 heterocycles. The van der Waals surface area contributed by atoms with Crippen molar-refractivity contribution in [2.24, 2.45) is 0 Å². The first kappa shape index (κ1) is 20.5. The topological polar surface area (TPSA) is 50.3 Å². The number of nitrogens with zero attached hydrogens (tertiary/aromatic N) is 2. The third-order valence-corrected chi connectivity index (χ3v) is 6.73. The highest BCUT2D eigenvalue weighted by molar-refractivity contribution is 5.77. The van der Waals surface area contributed by atoms with E-state index in [1.807, 2.05) is 0 Å². The van der Waals surface area contributed by atoms with E-state index in [2.05, 4.69) is 9.88 Å². The Hall–Kier alpha value is -1.80. The number of hydrogen-bond acceptors (Lipinski definition) is 3. The van der Waals surface area contributed by atoms with Crippen molar-refractivity contribution in [2.75, 3.05) is 20.2 Å².